The first-order valence-corrected chi connectivity index (χ1v) is 9.03. The SMILES string of the molecule is CC[C@@H]1O[C@@H]([C@H](O)/C=C/[C@H](O)CCCCCCCC(=O)O)C[C@H]1O. The molecule has 1 rings (SSSR count). The molecular formula is C18H32O6. The van der Waals surface area contributed by atoms with Crippen LogP contribution in [0.15, 0.2) is 12.2 Å². The van der Waals surface area contributed by atoms with E-state index < -0.39 is 30.4 Å². The van der Waals surface area contributed by atoms with Gasteiger partial charge in [0.1, 0.15) is 0 Å². The molecule has 0 aromatic heterocycles. The van der Waals surface area contributed by atoms with Crippen molar-refractivity contribution in [2.24, 2.45) is 0 Å². The quantitative estimate of drug-likeness (QED) is 0.319. The zero-order chi connectivity index (χ0) is 17.9. The van der Waals surface area contributed by atoms with Crippen molar-refractivity contribution in [3.8, 4) is 0 Å². The van der Waals surface area contributed by atoms with Gasteiger partial charge in [0.05, 0.1) is 30.5 Å². The van der Waals surface area contributed by atoms with Crippen molar-refractivity contribution in [2.45, 2.75) is 95.2 Å². The Labute approximate surface area is 144 Å². The summed E-state index contributed by atoms with van der Waals surface area (Å²) in [6.07, 6.45) is 6.92. The van der Waals surface area contributed by atoms with Gasteiger partial charge in [-0.25, -0.2) is 0 Å². The summed E-state index contributed by atoms with van der Waals surface area (Å²) in [5.41, 5.74) is 0. The molecule has 0 saturated carbocycles. The lowest BCUT2D eigenvalue weighted by atomic mass is 10.0. The third-order valence-electron chi connectivity index (χ3n) is 4.46. The molecule has 0 amide bonds. The van der Waals surface area contributed by atoms with Crippen LogP contribution in [0, 0.1) is 0 Å². The molecule has 1 heterocycles. The number of rotatable bonds is 12. The van der Waals surface area contributed by atoms with E-state index in [2.05, 4.69) is 0 Å². The molecule has 24 heavy (non-hydrogen) atoms. The smallest absolute Gasteiger partial charge is 0.303 e. The van der Waals surface area contributed by atoms with E-state index in [-0.39, 0.29) is 12.5 Å². The lowest BCUT2D eigenvalue weighted by Gasteiger charge is -2.16. The number of ether oxygens (including phenoxy) is 1. The molecule has 1 aliphatic heterocycles. The molecule has 6 nitrogen and oxygen atoms in total. The molecule has 0 radical (unpaired) electrons. The first-order chi connectivity index (χ1) is 11.4. The Hall–Kier alpha value is -0.950. The van der Waals surface area contributed by atoms with Gasteiger partial charge < -0.3 is 25.2 Å². The Morgan fingerprint density at radius 1 is 1.17 bits per heavy atom. The molecule has 0 unspecified atom stereocenters. The van der Waals surface area contributed by atoms with Crippen LogP contribution in [0.5, 0.6) is 0 Å². The summed E-state index contributed by atoms with van der Waals surface area (Å²) in [6.45, 7) is 1.93. The number of aliphatic hydroxyl groups is 3. The summed E-state index contributed by atoms with van der Waals surface area (Å²) in [5, 5.41) is 38.3. The normalized spacial score (nSPS) is 26.8. The van der Waals surface area contributed by atoms with Crippen molar-refractivity contribution in [2.75, 3.05) is 0 Å². The van der Waals surface area contributed by atoms with Crippen LogP contribution < -0.4 is 0 Å². The van der Waals surface area contributed by atoms with E-state index in [0.29, 0.717) is 25.7 Å². The van der Waals surface area contributed by atoms with E-state index in [4.69, 9.17) is 9.84 Å². The maximum Gasteiger partial charge on any atom is 0.303 e. The number of hydrogen-bond donors (Lipinski definition) is 4. The third kappa shape index (κ3) is 8.24. The second-order valence-corrected chi connectivity index (χ2v) is 6.57. The van der Waals surface area contributed by atoms with Crippen molar-refractivity contribution < 1.29 is 30.0 Å². The van der Waals surface area contributed by atoms with E-state index >= 15 is 0 Å². The van der Waals surface area contributed by atoms with E-state index in [1.165, 1.54) is 0 Å². The first-order valence-electron chi connectivity index (χ1n) is 9.03. The maximum absolute atomic E-state index is 10.4. The molecule has 0 bridgehead atoms. The second kappa shape index (κ2) is 11.6. The predicted octanol–water partition coefficient (Wildman–Crippen LogP) is 2.01. The first kappa shape index (κ1) is 21.1. The lowest BCUT2D eigenvalue weighted by Crippen LogP contribution is -2.24. The van der Waals surface area contributed by atoms with Crippen molar-refractivity contribution in [3.05, 3.63) is 12.2 Å². The molecule has 4 N–H and O–H groups in total. The standard InChI is InChI=1S/C18H32O6/c1-2-16-15(21)12-17(24-16)14(20)11-10-13(19)8-6-4-3-5-7-9-18(22)23/h10-11,13-17,19-21H,2-9,12H2,1H3,(H,22,23)/b11-10+/t13-,14-,15-,16+,17-/m1/s1. The highest BCUT2D eigenvalue weighted by atomic mass is 16.5. The minimum Gasteiger partial charge on any atom is -0.481 e. The van der Waals surface area contributed by atoms with Crippen LogP contribution in [-0.4, -0.2) is 56.9 Å². The van der Waals surface area contributed by atoms with Gasteiger partial charge in [0.2, 0.25) is 0 Å². The van der Waals surface area contributed by atoms with Crippen LogP contribution in [0.2, 0.25) is 0 Å². The molecule has 0 aromatic carbocycles. The molecule has 0 aromatic rings. The van der Waals surface area contributed by atoms with Crippen molar-refractivity contribution in [1.82, 2.24) is 0 Å². The zero-order valence-corrected chi connectivity index (χ0v) is 14.5. The molecule has 0 aliphatic carbocycles. The van der Waals surface area contributed by atoms with E-state index in [1.54, 1.807) is 12.2 Å². The molecule has 5 atom stereocenters. The highest BCUT2D eigenvalue weighted by Gasteiger charge is 2.35. The average Bonchev–Trinajstić information content (AvgIpc) is 2.92. The summed E-state index contributed by atoms with van der Waals surface area (Å²) >= 11 is 0. The Morgan fingerprint density at radius 3 is 2.46 bits per heavy atom. The monoisotopic (exact) mass is 344 g/mol. The molecule has 1 aliphatic rings. The van der Waals surface area contributed by atoms with E-state index in [9.17, 15) is 20.1 Å². The van der Waals surface area contributed by atoms with Gasteiger partial charge in [-0.3, -0.25) is 4.79 Å². The summed E-state index contributed by atoms with van der Waals surface area (Å²) in [6, 6.07) is 0. The second-order valence-electron chi connectivity index (χ2n) is 6.57. The Kier molecular flexibility index (Phi) is 10.2. The van der Waals surface area contributed by atoms with Gasteiger partial charge in [0.15, 0.2) is 0 Å². The number of carbonyl (C=O) groups is 1. The fraction of sp³-hybridized carbons (Fsp3) is 0.833. The van der Waals surface area contributed by atoms with Crippen molar-refractivity contribution in [3.63, 3.8) is 0 Å². The number of carboxylic acids is 1. The molecule has 0 spiro atoms. The van der Waals surface area contributed by atoms with Crippen LogP contribution in [0.1, 0.15) is 64.7 Å². The van der Waals surface area contributed by atoms with Crippen molar-refractivity contribution in [1.29, 1.82) is 0 Å². The fourth-order valence-corrected chi connectivity index (χ4v) is 2.97. The maximum atomic E-state index is 10.4. The number of unbranched alkanes of at least 4 members (excludes halogenated alkanes) is 4. The summed E-state index contributed by atoms with van der Waals surface area (Å²) < 4.78 is 5.60. The fourth-order valence-electron chi connectivity index (χ4n) is 2.97. The summed E-state index contributed by atoms with van der Waals surface area (Å²) in [4.78, 5) is 10.4. The van der Waals surface area contributed by atoms with Crippen LogP contribution >= 0.6 is 0 Å². The summed E-state index contributed by atoms with van der Waals surface area (Å²) in [7, 11) is 0. The molecule has 1 saturated heterocycles. The van der Waals surface area contributed by atoms with Crippen LogP contribution in [0.3, 0.4) is 0 Å². The topological polar surface area (TPSA) is 107 Å². The molecular weight excluding hydrogens is 312 g/mol. The van der Waals surface area contributed by atoms with Crippen LogP contribution in [0.25, 0.3) is 0 Å². The van der Waals surface area contributed by atoms with Gasteiger partial charge in [-0.1, -0.05) is 44.8 Å². The summed E-state index contributed by atoms with van der Waals surface area (Å²) in [5.74, 6) is -0.752. The number of carboxylic acid groups (broad SMARTS) is 1. The minimum atomic E-state index is -0.818. The Balaban J connectivity index is 2.12. The van der Waals surface area contributed by atoms with Crippen LogP contribution in [-0.2, 0) is 9.53 Å². The van der Waals surface area contributed by atoms with Gasteiger partial charge in [-0.05, 0) is 19.3 Å². The average molecular weight is 344 g/mol. The number of hydrogen-bond acceptors (Lipinski definition) is 5. The highest BCUT2D eigenvalue weighted by Crippen LogP contribution is 2.25. The molecule has 1 fully saturated rings. The highest BCUT2D eigenvalue weighted by molar-refractivity contribution is 5.66. The van der Waals surface area contributed by atoms with Gasteiger partial charge >= 0.3 is 5.97 Å². The lowest BCUT2D eigenvalue weighted by molar-refractivity contribution is -0.137. The van der Waals surface area contributed by atoms with Gasteiger partial charge in [0.25, 0.3) is 0 Å². The largest absolute Gasteiger partial charge is 0.481 e. The van der Waals surface area contributed by atoms with E-state index in [0.717, 1.165) is 25.7 Å². The molecule has 6 heteroatoms. The number of aliphatic hydroxyl groups excluding tert-OH is 3. The van der Waals surface area contributed by atoms with Gasteiger partial charge in [-0.15, -0.1) is 0 Å². The number of aliphatic carboxylic acids is 1. The van der Waals surface area contributed by atoms with Crippen molar-refractivity contribution >= 4 is 5.97 Å². The Morgan fingerprint density at radius 2 is 1.83 bits per heavy atom. The van der Waals surface area contributed by atoms with Crippen LogP contribution in [0.4, 0.5) is 0 Å². The zero-order valence-electron chi connectivity index (χ0n) is 14.5. The Bertz CT molecular complexity index is 384. The van der Waals surface area contributed by atoms with Gasteiger partial charge in [0, 0.05) is 12.8 Å². The van der Waals surface area contributed by atoms with E-state index in [1.807, 2.05) is 6.92 Å². The van der Waals surface area contributed by atoms with Gasteiger partial charge in [-0.2, -0.15) is 0 Å². The minimum absolute atomic E-state index is 0.218. The third-order valence-corrected chi connectivity index (χ3v) is 4.46. The molecule has 140 valence electrons. The predicted molar refractivity (Wildman–Crippen MR) is 90.7 cm³/mol.